The summed E-state index contributed by atoms with van der Waals surface area (Å²) in [4.78, 5) is 0.232. The van der Waals surface area contributed by atoms with Gasteiger partial charge < -0.3 is 4.74 Å². The van der Waals surface area contributed by atoms with Crippen LogP contribution in [0.1, 0.15) is 34.0 Å². The van der Waals surface area contributed by atoms with Crippen LogP contribution in [0.5, 0.6) is 5.75 Å². The van der Waals surface area contributed by atoms with Crippen LogP contribution in [0.3, 0.4) is 0 Å². The first-order valence-corrected chi connectivity index (χ1v) is 8.74. The van der Waals surface area contributed by atoms with E-state index in [4.69, 9.17) is 4.74 Å². The zero-order valence-electron chi connectivity index (χ0n) is 11.5. The Morgan fingerprint density at radius 2 is 2.10 bits per heavy atom. The average Bonchev–Trinajstić information content (AvgIpc) is 2.80. The van der Waals surface area contributed by atoms with E-state index in [0.29, 0.717) is 6.10 Å². The van der Waals surface area contributed by atoms with Crippen molar-refractivity contribution >= 4 is 38.5 Å². The number of hydrogen-bond acceptors (Lipinski definition) is 1. The van der Waals surface area contributed by atoms with Crippen molar-refractivity contribution in [2.75, 3.05) is 0 Å². The van der Waals surface area contributed by atoms with E-state index in [-0.39, 0.29) is 4.83 Å². The summed E-state index contributed by atoms with van der Waals surface area (Å²) in [5, 5.41) is 0. The van der Waals surface area contributed by atoms with Gasteiger partial charge in [0.05, 0.1) is 4.83 Å². The predicted molar refractivity (Wildman–Crippen MR) is 94.9 cm³/mol. The summed E-state index contributed by atoms with van der Waals surface area (Å²) in [6.45, 7) is 4.28. The maximum Gasteiger partial charge on any atom is 0.123 e. The highest BCUT2D eigenvalue weighted by atomic mass is 127. The van der Waals surface area contributed by atoms with Crippen molar-refractivity contribution in [3.63, 3.8) is 0 Å². The summed E-state index contributed by atoms with van der Waals surface area (Å²) in [7, 11) is 0. The second-order valence-corrected chi connectivity index (χ2v) is 7.33. The Morgan fingerprint density at radius 3 is 2.90 bits per heavy atom. The number of ether oxygens (including phenoxy) is 1. The Bertz CT molecular complexity index is 653. The van der Waals surface area contributed by atoms with Crippen molar-refractivity contribution in [3.05, 3.63) is 62.2 Å². The first-order valence-electron chi connectivity index (χ1n) is 6.75. The van der Waals surface area contributed by atoms with Crippen LogP contribution in [-0.4, -0.2) is 6.10 Å². The van der Waals surface area contributed by atoms with E-state index >= 15 is 0 Å². The van der Waals surface area contributed by atoms with Crippen LogP contribution in [0.15, 0.2) is 36.4 Å². The summed E-state index contributed by atoms with van der Waals surface area (Å²) < 4.78 is 7.10. The minimum Gasteiger partial charge on any atom is -0.490 e. The van der Waals surface area contributed by atoms with Crippen molar-refractivity contribution in [3.8, 4) is 5.75 Å². The van der Waals surface area contributed by atoms with Gasteiger partial charge in [0.15, 0.2) is 0 Å². The van der Waals surface area contributed by atoms with Crippen molar-refractivity contribution < 1.29 is 4.74 Å². The van der Waals surface area contributed by atoms with Gasteiger partial charge in [0.25, 0.3) is 0 Å². The molecular formula is C17H16BrIO. The van der Waals surface area contributed by atoms with Crippen molar-refractivity contribution in [2.45, 2.75) is 31.2 Å². The Hall–Kier alpha value is -0.550. The molecule has 104 valence electrons. The quantitative estimate of drug-likeness (QED) is 0.446. The number of fused-ring (bicyclic) bond motifs is 1. The molecule has 2 aromatic carbocycles. The zero-order valence-corrected chi connectivity index (χ0v) is 15.2. The standard InChI is InChI=1S/C17H16BrIO/c1-10-4-3-5-14(17(10)19)16(18)12-6-7-15-13(9-12)8-11(2)20-15/h3-7,9,11,16H,8H2,1-2H3. The molecule has 0 amide bonds. The molecule has 20 heavy (non-hydrogen) atoms. The Balaban J connectivity index is 1.97. The van der Waals surface area contributed by atoms with Gasteiger partial charge in [-0.3, -0.25) is 0 Å². The van der Waals surface area contributed by atoms with Gasteiger partial charge in [0.1, 0.15) is 11.9 Å². The van der Waals surface area contributed by atoms with E-state index in [0.717, 1.165) is 12.2 Å². The fourth-order valence-corrected chi connectivity index (χ4v) is 4.41. The lowest BCUT2D eigenvalue weighted by atomic mass is 10.00. The van der Waals surface area contributed by atoms with Gasteiger partial charge in [-0.25, -0.2) is 0 Å². The van der Waals surface area contributed by atoms with Crippen LogP contribution in [0, 0.1) is 10.5 Å². The topological polar surface area (TPSA) is 9.23 Å². The van der Waals surface area contributed by atoms with Gasteiger partial charge in [-0.1, -0.05) is 46.3 Å². The van der Waals surface area contributed by atoms with E-state index in [1.807, 2.05) is 0 Å². The third-order valence-corrected chi connectivity index (χ3v) is 6.20. The van der Waals surface area contributed by atoms with Crippen LogP contribution in [0.2, 0.25) is 0 Å². The van der Waals surface area contributed by atoms with Gasteiger partial charge >= 0.3 is 0 Å². The van der Waals surface area contributed by atoms with E-state index in [9.17, 15) is 0 Å². The molecule has 1 aliphatic heterocycles. The predicted octanol–water partition coefficient (Wildman–Crippen LogP) is 5.41. The van der Waals surface area contributed by atoms with Crippen LogP contribution in [-0.2, 0) is 6.42 Å². The van der Waals surface area contributed by atoms with Crippen molar-refractivity contribution in [1.82, 2.24) is 0 Å². The van der Waals surface area contributed by atoms with E-state index in [1.54, 1.807) is 0 Å². The van der Waals surface area contributed by atoms with E-state index in [1.165, 1.54) is 25.8 Å². The molecule has 0 aliphatic carbocycles. The van der Waals surface area contributed by atoms with Crippen molar-refractivity contribution in [1.29, 1.82) is 0 Å². The normalized spacial score (nSPS) is 18.5. The maximum absolute atomic E-state index is 5.77. The SMILES string of the molecule is Cc1cccc(C(Br)c2ccc3c(c2)CC(C)O3)c1I. The molecule has 0 fully saturated rings. The number of aryl methyl sites for hydroxylation is 1. The number of benzene rings is 2. The van der Waals surface area contributed by atoms with Crippen LogP contribution < -0.4 is 4.74 Å². The molecule has 1 heterocycles. The molecule has 1 nitrogen and oxygen atoms in total. The number of alkyl halides is 1. The third kappa shape index (κ3) is 2.62. The van der Waals surface area contributed by atoms with Gasteiger partial charge in [-0.05, 0) is 64.8 Å². The molecular weight excluding hydrogens is 427 g/mol. The van der Waals surface area contributed by atoms with Gasteiger partial charge in [0.2, 0.25) is 0 Å². The third-order valence-electron chi connectivity index (χ3n) is 3.71. The van der Waals surface area contributed by atoms with E-state index < -0.39 is 0 Å². The first kappa shape index (κ1) is 14.4. The monoisotopic (exact) mass is 442 g/mol. The second-order valence-electron chi connectivity index (χ2n) is 5.34. The lowest BCUT2D eigenvalue weighted by molar-refractivity contribution is 0.254. The number of hydrogen-bond donors (Lipinski definition) is 0. The van der Waals surface area contributed by atoms with Crippen LogP contribution in [0.25, 0.3) is 0 Å². The molecule has 2 atom stereocenters. The fourth-order valence-electron chi connectivity index (χ4n) is 2.65. The Kier molecular flexibility index (Phi) is 4.09. The van der Waals surface area contributed by atoms with Gasteiger partial charge in [-0.15, -0.1) is 0 Å². The smallest absolute Gasteiger partial charge is 0.123 e. The minimum atomic E-state index is 0.232. The fraction of sp³-hybridized carbons (Fsp3) is 0.294. The summed E-state index contributed by atoms with van der Waals surface area (Å²) >= 11 is 6.29. The minimum absolute atomic E-state index is 0.232. The highest BCUT2D eigenvalue weighted by molar-refractivity contribution is 14.1. The first-order chi connectivity index (χ1) is 9.56. The molecule has 0 saturated carbocycles. The Morgan fingerprint density at radius 1 is 1.30 bits per heavy atom. The number of rotatable bonds is 2. The maximum atomic E-state index is 5.77. The van der Waals surface area contributed by atoms with Crippen LogP contribution >= 0.6 is 38.5 Å². The molecule has 3 heteroatoms. The lowest BCUT2D eigenvalue weighted by Crippen LogP contribution is -2.05. The molecule has 2 unspecified atom stereocenters. The largest absolute Gasteiger partial charge is 0.490 e. The summed E-state index contributed by atoms with van der Waals surface area (Å²) in [5.41, 5.74) is 5.27. The number of halogens is 2. The summed E-state index contributed by atoms with van der Waals surface area (Å²) in [6.07, 6.45) is 1.31. The second kappa shape index (κ2) is 5.68. The zero-order chi connectivity index (χ0) is 14.3. The van der Waals surface area contributed by atoms with Gasteiger partial charge in [-0.2, -0.15) is 0 Å². The molecule has 1 aliphatic rings. The molecule has 0 bridgehead atoms. The van der Waals surface area contributed by atoms with Gasteiger partial charge in [0, 0.05) is 9.99 Å². The highest BCUT2D eigenvalue weighted by Gasteiger charge is 2.21. The summed E-state index contributed by atoms with van der Waals surface area (Å²) in [5.74, 6) is 1.04. The Labute approximate surface area is 142 Å². The summed E-state index contributed by atoms with van der Waals surface area (Å²) in [6, 6.07) is 13.0. The van der Waals surface area contributed by atoms with Crippen molar-refractivity contribution in [2.24, 2.45) is 0 Å². The molecule has 0 aromatic heterocycles. The molecule has 0 radical (unpaired) electrons. The molecule has 2 aromatic rings. The molecule has 0 saturated heterocycles. The van der Waals surface area contributed by atoms with E-state index in [2.05, 4.69) is 88.8 Å². The molecule has 0 N–H and O–H groups in total. The lowest BCUT2D eigenvalue weighted by Gasteiger charge is -2.15. The average molecular weight is 443 g/mol. The van der Waals surface area contributed by atoms with Crippen LogP contribution in [0.4, 0.5) is 0 Å². The molecule has 3 rings (SSSR count). The molecule has 0 spiro atoms. The highest BCUT2D eigenvalue weighted by Crippen LogP contribution is 2.38.